The third kappa shape index (κ3) is 3.17. The van der Waals surface area contributed by atoms with E-state index in [2.05, 4.69) is 64.3 Å². The van der Waals surface area contributed by atoms with E-state index in [1.54, 1.807) is 7.11 Å². The first kappa shape index (κ1) is 15.2. The van der Waals surface area contributed by atoms with E-state index in [9.17, 15) is 0 Å². The van der Waals surface area contributed by atoms with Crippen LogP contribution in [0.1, 0.15) is 5.69 Å². The van der Waals surface area contributed by atoms with Gasteiger partial charge in [-0.2, -0.15) is 0 Å². The lowest BCUT2D eigenvalue weighted by Gasteiger charge is -2.08. The van der Waals surface area contributed by atoms with Gasteiger partial charge in [0.15, 0.2) is 0 Å². The van der Waals surface area contributed by atoms with E-state index < -0.39 is 0 Å². The van der Waals surface area contributed by atoms with Crippen LogP contribution in [0, 0.1) is 0 Å². The molecule has 0 aliphatic carbocycles. The van der Waals surface area contributed by atoms with Crippen molar-refractivity contribution in [2.24, 2.45) is 4.99 Å². The zero-order chi connectivity index (χ0) is 17.1. The summed E-state index contributed by atoms with van der Waals surface area (Å²) in [4.78, 5) is 4.58. The average Bonchev–Trinajstić information content (AvgIpc) is 3.15. The number of rotatable bonds is 4. The van der Waals surface area contributed by atoms with Gasteiger partial charge in [0.2, 0.25) is 0 Å². The number of aliphatic imine (C=N–C) groups is 1. The van der Waals surface area contributed by atoms with Crippen LogP contribution in [0.3, 0.4) is 0 Å². The standard InChI is InChI=1S/C22H18N2O/c1-25-22-10-4-8-19(15-22)23-16-21-9-5-13-24(21)20-12-11-17-6-2-3-7-18(17)14-20/h2-16H,1H3. The summed E-state index contributed by atoms with van der Waals surface area (Å²) in [6.45, 7) is 0. The topological polar surface area (TPSA) is 26.5 Å². The Bertz CT molecular complexity index is 1050. The highest BCUT2D eigenvalue weighted by Gasteiger charge is 2.03. The Labute approximate surface area is 146 Å². The van der Waals surface area contributed by atoms with Crippen LogP contribution in [-0.2, 0) is 0 Å². The van der Waals surface area contributed by atoms with E-state index in [1.807, 2.05) is 36.5 Å². The first-order valence-electron chi connectivity index (χ1n) is 8.18. The summed E-state index contributed by atoms with van der Waals surface area (Å²) in [6.07, 6.45) is 3.93. The van der Waals surface area contributed by atoms with Crippen LogP contribution in [0.2, 0.25) is 0 Å². The van der Waals surface area contributed by atoms with E-state index in [0.29, 0.717) is 0 Å². The number of hydrogen-bond donors (Lipinski definition) is 0. The zero-order valence-electron chi connectivity index (χ0n) is 14.0. The van der Waals surface area contributed by atoms with Gasteiger partial charge in [0.25, 0.3) is 0 Å². The molecule has 0 N–H and O–H groups in total. The Kier molecular flexibility index (Phi) is 4.05. The van der Waals surface area contributed by atoms with E-state index in [4.69, 9.17) is 4.74 Å². The highest BCUT2D eigenvalue weighted by Crippen LogP contribution is 2.21. The quantitative estimate of drug-likeness (QED) is 0.462. The van der Waals surface area contributed by atoms with Crippen molar-refractivity contribution in [1.29, 1.82) is 0 Å². The Morgan fingerprint density at radius 2 is 1.72 bits per heavy atom. The van der Waals surface area contributed by atoms with Crippen molar-refractivity contribution in [2.45, 2.75) is 0 Å². The van der Waals surface area contributed by atoms with Crippen molar-refractivity contribution < 1.29 is 4.74 Å². The average molecular weight is 326 g/mol. The number of nitrogens with zero attached hydrogens (tertiary/aromatic N) is 2. The molecule has 0 amide bonds. The van der Waals surface area contributed by atoms with Gasteiger partial charge in [0.1, 0.15) is 5.75 Å². The van der Waals surface area contributed by atoms with Gasteiger partial charge in [-0.1, -0.05) is 36.4 Å². The summed E-state index contributed by atoms with van der Waals surface area (Å²) in [7, 11) is 1.66. The maximum Gasteiger partial charge on any atom is 0.121 e. The predicted octanol–water partition coefficient (Wildman–Crippen LogP) is 5.39. The molecule has 0 saturated heterocycles. The second-order valence-electron chi connectivity index (χ2n) is 5.79. The normalized spacial score (nSPS) is 11.2. The minimum Gasteiger partial charge on any atom is -0.497 e. The van der Waals surface area contributed by atoms with E-state index in [-0.39, 0.29) is 0 Å². The highest BCUT2D eigenvalue weighted by atomic mass is 16.5. The molecule has 4 rings (SSSR count). The van der Waals surface area contributed by atoms with Crippen LogP contribution >= 0.6 is 0 Å². The van der Waals surface area contributed by atoms with Gasteiger partial charge in [-0.3, -0.25) is 4.99 Å². The second kappa shape index (κ2) is 6.65. The van der Waals surface area contributed by atoms with Crippen LogP contribution in [0.25, 0.3) is 16.5 Å². The number of methoxy groups -OCH3 is 1. The summed E-state index contributed by atoms with van der Waals surface area (Å²) >= 11 is 0. The molecule has 25 heavy (non-hydrogen) atoms. The third-order valence-electron chi connectivity index (χ3n) is 4.19. The maximum atomic E-state index is 5.25. The van der Waals surface area contributed by atoms with E-state index in [1.165, 1.54) is 10.8 Å². The molecule has 1 heterocycles. The molecule has 0 fully saturated rings. The summed E-state index contributed by atoms with van der Waals surface area (Å²) in [5.74, 6) is 0.805. The number of hydrogen-bond acceptors (Lipinski definition) is 2. The molecule has 4 aromatic rings. The van der Waals surface area contributed by atoms with Crippen LogP contribution < -0.4 is 4.74 Å². The van der Waals surface area contributed by atoms with Gasteiger partial charge in [0, 0.05) is 18.0 Å². The van der Waals surface area contributed by atoms with Gasteiger partial charge < -0.3 is 9.30 Å². The first-order chi connectivity index (χ1) is 12.3. The fourth-order valence-corrected chi connectivity index (χ4v) is 2.89. The molecule has 0 radical (unpaired) electrons. The Morgan fingerprint density at radius 1 is 0.840 bits per heavy atom. The van der Waals surface area contributed by atoms with Gasteiger partial charge >= 0.3 is 0 Å². The molecule has 0 atom stereocenters. The molecule has 0 unspecified atom stereocenters. The van der Waals surface area contributed by atoms with Crippen molar-refractivity contribution in [2.75, 3.05) is 7.11 Å². The number of aromatic nitrogens is 1. The van der Waals surface area contributed by atoms with E-state index in [0.717, 1.165) is 22.8 Å². The molecule has 3 aromatic carbocycles. The van der Waals surface area contributed by atoms with Gasteiger partial charge in [-0.25, -0.2) is 0 Å². The van der Waals surface area contributed by atoms with Crippen LogP contribution in [0.4, 0.5) is 5.69 Å². The van der Waals surface area contributed by atoms with Gasteiger partial charge in [0.05, 0.1) is 24.7 Å². The second-order valence-corrected chi connectivity index (χ2v) is 5.79. The minimum absolute atomic E-state index is 0.805. The summed E-state index contributed by atoms with van der Waals surface area (Å²) < 4.78 is 7.38. The highest BCUT2D eigenvalue weighted by molar-refractivity contribution is 5.86. The summed E-state index contributed by atoms with van der Waals surface area (Å²) in [5.41, 5.74) is 3.01. The smallest absolute Gasteiger partial charge is 0.121 e. The van der Waals surface area contributed by atoms with Crippen molar-refractivity contribution in [3.8, 4) is 11.4 Å². The molecule has 0 aliphatic heterocycles. The molecule has 122 valence electrons. The fraction of sp³-hybridized carbons (Fsp3) is 0.0455. The molecule has 3 heteroatoms. The molecular weight excluding hydrogens is 308 g/mol. The number of ether oxygens (including phenoxy) is 1. The number of fused-ring (bicyclic) bond motifs is 1. The molecule has 0 spiro atoms. The van der Waals surface area contributed by atoms with Crippen molar-refractivity contribution >= 4 is 22.7 Å². The monoisotopic (exact) mass is 326 g/mol. The summed E-state index contributed by atoms with van der Waals surface area (Å²) in [5, 5.41) is 2.47. The lowest BCUT2D eigenvalue weighted by Crippen LogP contribution is -1.97. The third-order valence-corrected chi connectivity index (χ3v) is 4.19. The first-order valence-corrected chi connectivity index (χ1v) is 8.18. The molecule has 1 aromatic heterocycles. The summed E-state index contributed by atoms with van der Waals surface area (Å²) in [6, 6.07) is 26.7. The van der Waals surface area contributed by atoms with Crippen molar-refractivity contribution in [3.05, 3.63) is 90.8 Å². The van der Waals surface area contributed by atoms with Crippen LogP contribution in [0.15, 0.2) is 90.1 Å². The molecule has 3 nitrogen and oxygen atoms in total. The Morgan fingerprint density at radius 3 is 2.60 bits per heavy atom. The molecule has 0 saturated carbocycles. The van der Waals surface area contributed by atoms with Crippen molar-refractivity contribution in [1.82, 2.24) is 4.57 Å². The fourth-order valence-electron chi connectivity index (χ4n) is 2.89. The minimum atomic E-state index is 0.805. The lowest BCUT2D eigenvalue weighted by molar-refractivity contribution is 0.415. The SMILES string of the molecule is COc1cccc(N=Cc2cccn2-c2ccc3ccccc3c2)c1. The Hall–Kier alpha value is -3.33. The van der Waals surface area contributed by atoms with Crippen LogP contribution in [0.5, 0.6) is 5.75 Å². The molecule has 0 bridgehead atoms. The molecule has 0 aliphatic rings. The van der Waals surface area contributed by atoms with Crippen LogP contribution in [-0.4, -0.2) is 17.9 Å². The van der Waals surface area contributed by atoms with Crippen molar-refractivity contribution in [3.63, 3.8) is 0 Å². The van der Waals surface area contributed by atoms with E-state index >= 15 is 0 Å². The lowest BCUT2D eigenvalue weighted by atomic mass is 10.1. The van der Waals surface area contributed by atoms with Gasteiger partial charge in [-0.15, -0.1) is 0 Å². The molecular formula is C22H18N2O. The number of benzene rings is 3. The van der Waals surface area contributed by atoms with Gasteiger partial charge in [-0.05, 0) is 47.2 Å². The Balaban J connectivity index is 1.68. The zero-order valence-corrected chi connectivity index (χ0v) is 14.0. The largest absolute Gasteiger partial charge is 0.497 e. The maximum absolute atomic E-state index is 5.25. The predicted molar refractivity (Wildman–Crippen MR) is 104 cm³/mol.